The molecule has 8 nitrogen and oxygen atoms in total. The van der Waals surface area contributed by atoms with E-state index in [9.17, 15) is 14.0 Å². The molecular formula is C20H16FN5O3S2. The van der Waals surface area contributed by atoms with Crippen LogP contribution in [0.5, 0.6) is 0 Å². The van der Waals surface area contributed by atoms with E-state index < -0.39 is 5.97 Å². The first-order valence-corrected chi connectivity index (χ1v) is 11.1. The highest BCUT2D eigenvalue weighted by Gasteiger charge is 2.24. The quantitative estimate of drug-likeness (QED) is 0.377. The Labute approximate surface area is 183 Å². The molecule has 0 atom stereocenters. The average Bonchev–Trinajstić information content (AvgIpc) is 3.11. The standard InChI is InChI=1S/C20H16FN5O3S2/c21-11-3-4-12-13(9-26(15(12)5-11)8-10-1-2-10)17(27)25-20-23-7-16(31-20)30-19-22-6-14(24-19)18(28)29/h3-7,9-10H,1-2,8H2,(H,22,24)(H,28,29)(H,23,25,27). The number of carboxylic acid groups (broad SMARTS) is 1. The number of nitrogens with one attached hydrogen (secondary N) is 2. The molecule has 3 heterocycles. The summed E-state index contributed by atoms with van der Waals surface area (Å²) in [5.41, 5.74) is 1.18. The van der Waals surface area contributed by atoms with Crippen LogP contribution in [0.2, 0.25) is 0 Å². The summed E-state index contributed by atoms with van der Waals surface area (Å²) in [5, 5.41) is 13.3. The van der Waals surface area contributed by atoms with Crippen molar-refractivity contribution in [3.05, 3.63) is 53.9 Å². The van der Waals surface area contributed by atoms with Crippen LogP contribution in [0.1, 0.15) is 33.7 Å². The third-order valence-electron chi connectivity index (χ3n) is 4.93. The van der Waals surface area contributed by atoms with Gasteiger partial charge in [0.15, 0.2) is 10.3 Å². The molecule has 1 aromatic carbocycles. The van der Waals surface area contributed by atoms with Crippen molar-refractivity contribution in [1.82, 2.24) is 19.5 Å². The number of imidazole rings is 1. The molecular weight excluding hydrogens is 441 g/mol. The summed E-state index contributed by atoms with van der Waals surface area (Å²) in [6, 6.07) is 4.44. The monoisotopic (exact) mass is 457 g/mol. The van der Waals surface area contributed by atoms with Gasteiger partial charge in [-0.3, -0.25) is 10.1 Å². The Morgan fingerprint density at radius 2 is 2.16 bits per heavy atom. The SMILES string of the molecule is O=C(O)c1cnc(Sc2cnc(NC(=O)c3cn(CC4CC4)c4cc(F)ccc34)s2)[nH]1. The van der Waals surface area contributed by atoms with E-state index in [1.807, 2.05) is 4.57 Å². The van der Waals surface area contributed by atoms with Gasteiger partial charge in [0, 0.05) is 18.1 Å². The Bertz CT molecular complexity index is 1310. The number of aromatic nitrogens is 4. The number of rotatable bonds is 7. The number of aromatic carboxylic acids is 1. The van der Waals surface area contributed by atoms with Gasteiger partial charge in [0.05, 0.1) is 27.7 Å². The molecule has 4 aromatic rings. The third kappa shape index (κ3) is 4.19. The van der Waals surface area contributed by atoms with Gasteiger partial charge in [0.1, 0.15) is 11.5 Å². The maximum absolute atomic E-state index is 13.8. The highest BCUT2D eigenvalue weighted by Crippen LogP contribution is 2.35. The van der Waals surface area contributed by atoms with E-state index in [0.29, 0.717) is 32.7 Å². The van der Waals surface area contributed by atoms with Crippen molar-refractivity contribution in [3.8, 4) is 0 Å². The number of benzene rings is 1. The Kier molecular flexibility index (Phi) is 4.98. The largest absolute Gasteiger partial charge is 0.477 e. The summed E-state index contributed by atoms with van der Waals surface area (Å²) in [4.78, 5) is 34.8. The number of fused-ring (bicyclic) bond motifs is 1. The fraction of sp³-hybridized carbons (Fsp3) is 0.200. The smallest absolute Gasteiger partial charge is 0.353 e. The van der Waals surface area contributed by atoms with Crippen molar-refractivity contribution < 1.29 is 19.1 Å². The molecule has 3 aromatic heterocycles. The van der Waals surface area contributed by atoms with Gasteiger partial charge in [0.2, 0.25) is 0 Å². The number of carbonyl (C=O) groups is 2. The van der Waals surface area contributed by atoms with E-state index in [-0.39, 0.29) is 17.4 Å². The second-order valence-electron chi connectivity index (χ2n) is 7.25. The van der Waals surface area contributed by atoms with Crippen LogP contribution in [0.4, 0.5) is 9.52 Å². The zero-order valence-electron chi connectivity index (χ0n) is 16.0. The number of amides is 1. The summed E-state index contributed by atoms with van der Waals surface area (Å²) >= 11 is 2.47. The van der Waals surface area contributed by atoms with Gasteiger partial charge < -0.3 is 14.7 Å². The molecule has 0 bridgehead atoms. The van der Waals surface area contributed by atoms with E-state index in [4.69, 9.17) is 5.11 Å². The molecule has 1 amide bonds. The lowest BCUT2D eigenvalue weighted by atomic mass is 10.1. The number of carbonyl (C=O) groups excluding carboxylic acids is 1. The van der Waals surface area contributed by atoms with Gasteiger partial charge in [-0.2, -0.15) is 0 Å². The summed E-state index contributed by atoms with van der Waals surface area (Å²) < 4.78 is 16.5. The minimum atomic E-state index is -1.09. The highest BCUT2D eigenvalue weighted by molar-refractivity contribution is 8.01. The number of anilines is 1. The number of H-pyrrole nitrogens is 1. The first-order valence-electron chi connectivity index (χ1n) is 9.48. The molecule has 0 aliphatic heterocycles. The number of hydrogen-bond donors (Lipinski definition) is 3. The van der Waals surface area contributed by atoms with Crippen molar-refractivity contribution in [3.63, 3.8) is 0 Å². The number of nitrogens with zero attached hydrogens (tertiary/aromatic N) is 3. The zero-order valence-corrected chi connectivity index (χ0v) is 17.6. The van der Waals surface area contributed by atoms with Gasteiger partial charge in [-0.1, -0.05) is 11.3 Å². The number of hydrogen-bond acceptors (Lipinski definition) is 6. The Morgan fingerprint density at radius 3 is 2.90 bits per heavy atom. The maximum atomic E-state index is 13.8. The molecule has 0 unspecified atom stereocenters. The molecule has 3 N–H and O–H groups in total. The van der Waals surface area contributed by atoms with Crippen LogP contribution >= 0.6 is 23.1 Å². The number of aromatic amines is 1. The highest BCUT2D eigenvalue weighted by atomic mass is 32.2. The Balaban J connectivity index is 1.34. The number of thiazole rings is 1. The van der Waals surface area contributed by atoms with Gasteiger partial charge in [0.25, 0.3) is 5.91 Å². The maximum Gasteiger partial charge on any atom is 0.353 e. The molecule has 1 fully saturated rings. The van der Waals surface area contributed by atoms with Crippen molar-refractivity contribution >= 4 is 51.0 Å². The molecule has 1 aliphatic carbocycles. The van der Waals surface area contributed by atoms with Crippen molar-refractivity contribution in [2.24, 2.45) is 5.92 Å². The summed E-state index contributed by atoms with van der Waals surface area (Å²) in [5.74, 6) is -1.16. The molecule has 158 valence electrons. The van der Waals surface area contributed by atoms with Crippen molar-refractivity contribution in [2.75, 3.05) is 5.32 Å². The van der Waals surface area contributed by atoms with E-state index >= 15 is 0 Å². The predicted molar refractivity (Wildman–Crippen MR) is 114 cm³/mol. The van der Waals surface area contributed by atoms with E-state index in [0.717, 1.165) is 23.6 Å². The Morgan fingerprint density at radius 1 is 1.32 bits per heavy atom. The first kappa shape index (κ1) is 19.8. The lowest BCUT2D eigenvalue weighted by Gasteiger charge is -2.02. The van der Waals surface area contributed by atoms with E-state index in [2.05, 4.69) is 20.3 Å². The first-order chi connectivity index (χ1) is 15.0. The fourth-order valence-corrected chi connectivity index (χ4v) is 5.01. The topological polar surface area (TPSA) is 113 Å². The van der Waals surface area contributed by atoms with Crippen LogP contribution in [0.25, 0.3) is 10.9 Å². The van der Waals surface area contributed by atoms with Crippen molar-refractivity contribution in [2.45, 2.75) is 28.8 Å². The van der Waals surface area contributed by atoms with Crippen LogP contribution in [0.15, 0.2) is 46.2 Å². The van der Waals surface area contributed by atoms with Crippen LogP contribution < -0.4 is 5.32 Å². The van der Waals surface area contributed by atoms with Crippen molar-refractivity contribution in [1.29, 1.82) is 0 Å². The van der Waals surface area contributed by atoms with Crippen LogP contribution in [0.3, 0.4) is 0 Å². The fourth-order valence-electron chi connectivity index (χ4n) is 3.26. The van der Waals surface area contributed by atoms with Gasteiger partial charge in [-0.15, -0.1) is 0 Å². The predicted octanol–water partition coefficient (Wildman–Crippen LogP) is 4.47. The minimum absolute atomic E-state index is 0.000402. The van der Waals surface area contributed by atoms with Gasteiger partial charge in [-0.25, -0.2) is 19.2 Å². The molecule has 0 radical (unpaired) electrons. The van der Waals surface area contributed by atoms with E-state index in [1.54, 1.807) is 18.5 Å². The van der Waals surface area contributed by atoms with Gasteiger partial charge in [-0.05, 0) is 48.7 Å². The molecule has 1 aliphatic rings. The molecule has 0 spiro atoms. The third-order valence-corrected chi connectivity index (χ3v) is 6.84. The van der Waals surface area contributed by atoms with Crippen LogP contribution in [0, 0.1) is 11.7 Å². The summed E-state index contributed by atoms with van der Waals surface area (Å²) in [7, 11) is 0. The van der Waals surface area contributed by atoms with Crippen LogP contribution in [-0.4, -0.2) is 36.5 Å². The Hall–Kier alpha value is -3.18. The summed E-state index contributed by atoms with van der Waals surface area (Å²) in [6.07, 6.45) is 6.91. The lowest BCUT2D eigenvalue weighted by Crippen LogP contribution is -2.11. The molecule has 0 saturated heterocycles. The zero-order chi connectivity index (χ0) is 21.5. The number of halogens is 1. The average molecular weight is 458 g/mol. The molecule has 11 heteroatoms. The normalized spacial score (nSPS) is 13.6. The second kappa shape index (κ2) is 7.82. The molecule has 31 heavy (non-hydrogen) atoms. The second-order valence-corrected chi connectivity index (χ2v) is 9.57. The number of carboxylic acids is 1. The molecule has 5 rings (SSSR count). The molecule has 1 saturated carbocycles. The van der Waals surface area contributed by atoms with Gasteiger partial charge >= 0.3 is 5.97 Å². The summed E-state index contributed by atoms with van der Waals surface area (Å²) in [6.45, 7) is 0.771. The van der Waals surface area contributed by atoms with E-state index in [1.165, 1.54) is 41.4 Å². The lowest BCUT2D eigenvalue weighted by molar-refractivity contribution is 0.0690. The minimum Gasteiger partial charge on any atom is -0.477 e. The van der Waals surface area contributed by atoms with Crippen LogP contribution in [-0.2, 0) is 6.54 Å².